The van der Waals surface area contributed by atoms with Crippen LogP contribution in [-0.2, 0) is 12.0 Å². The standard InChI is InChI=1S/C13H14BrN3O/c14-10-5-2-1-4-9(10)8-11-16-12(18-17-11)13(15)6-3-7-13/h1-2,4-5H,3,6-8,15H2. The van der Waals surface area contributed by atoms with E-state index in [1.54, 1.807) is 0 Å². The number of aromatic nitrogens is 2. The highest BCUT2D eigenvalue weighted by molar-refractivity contribution is 9.10. The maximum Gasteiger partial charge on any atom is 0.246 e. The molecule has 0 amide bonds. The van der Waals surface area contributed by atoms with Crippen molar-refractivity contribution in [1.29, 1.82) is 0 Å². The van der Waals surface area contributed by atoms with Gasteiger partial charge in [-0.25, -0.2) is 0 Å². The molecule has 94 valence electrons. The molecule has 1 fully saturated rings. The molecule has 0 aliphatic heterocycles. The number of hydrogen-bond donors (Lipinski definition) is 1. The van der Waals surface area contributed by atoms with Crippen LogP contribution in [0, 0.1) is 0 Å². The molecule has 0 bridgehead atoms. The zero-order chi connectivity index (χ0) is 12.6. The highest BCUT2D eigenvalue weighted by atomic mass is 79.9. The molecular weight excluding hydrogens is 294 g/mol. The second-order valence-electron chi connectivity index (χ2n) is 4.79. The SMILES string of the molecule is NC1(c2nc(Cc3ccccc3Br)no2)CCC1. The first kappa shape index (κ1) is 11.9. The molecule has 0 radical (unpaired) electrons. The lowest BCUT2D eigenvalue weighted by atomic mass is 9.78. The largest absolute Gasteiger partial charge is 0.337 e. The van der Waals surface area contributed by atoms with Crippen molar-refractivity contribution in [2.45, 2.75) is 31.2 Å². The number of rotatable bonds is 3. The molecule has 18 heavy (non-hydrogen) atoms. The fourth-order valence-electron chi connectivity index (χ4n) is 2.11. The summed E-state index contributed by atoms with van der Waals surface area (Å²) in [6.45, 7) is 0. The average Bonchev–Trinajstić information content (AvgIpc) is 2.78. The monoisotopic (exact) mass is 307 g/mol. The van der Waals surface area contributed by atoms with Gasteiger partial charge in [-0.1, -0.05) is 39.3 Å². The molecule has 1 aliphatic rings. The zero-order valence-electron chi connectivity index (χ0n) is 9.90. The molecule has 5 heteroatoms. The van der Waals surface area contributed by atoms with Gasteiger partial charge in [0.25, 0.3) is 0 Å². The van der Waals surface area contributed by atoms with Gasteiger partial charge in [-0.15, -0.1) is 0 Å². The molecule has 3 rings (SSSR count). The predicted octanol–water partition coefficient (Wildman–Crippen LogP) is 2.76. The van der Waals surface area contributed by atoms with Crippen molar-refractivity contribution < 1.29 is 4.52 Å². The molecule has 0 unspecified atom stereocenters. The van der Waals surface area contributed by atoms with E-state index in [4.69, 9.17) is 10.3 Å². The van der Waals surface area contributed by atoms with E-state index in [0.717, 1.165) is 29.3 Å². The molecule has 1 aromatic heterocycles. The van der Waals surface area contributed by atoms with E-state index in [2.05, 4.69) is 26.1 Å². The highest BCUT2D eigenvalue weighted by Crippen LogP contribution is 2.37. The Hall–Kier alpha value is -1.20. The first-order valence-corrected chi connectivity index (χ1v) is 6.82. The lowest BCUT2D eigenvalue weighted by Crippen LogP contribution is -2.43. The fourth-order valence-corrected chi connectivity index (χ4v) is 2.54. The number of nitrogens with two attached hydrogens (primary N) is 1. The van der Waals surface area contributed by atoms with Gasteiger partial charge in [0.15, 0.2) is 5.82 Å². The van der Waals surface area contributed by atoms with Crippen LogP contribution >= 0.6 is 15.9 Å². The van der Waals surface area contributed by atoms with Gasteiger partial charge >= 0.3 is 0 Å². The smallest absolute Gasteiger partial charge is 0.246 e. The molecular formula is C13H14BrN3O. The lowest BCUT2D eigenvalue weighted by Gasteiger charge is -2.33. The number of benzene rings is 1. The summed E-state index contributed by atoms with van der Waals surface area (Å²) in [5, 5.41) is 4.01. The zero-order valence-corrected chi connectivity index (χ0v) is 11.5. The van der Waals surface area contributed by atoms with Gasteiger partial charge in [0, 0.05) is 10.9 Å². The van der Waals surface area contributed by atoms with Crippen LogP contribution in [0.4, 0.5) is 0 Å². The summed E-state index contributed by atoms with van der Waals surface area (Å²) in [5.74, 6) is 1.27. The molecule has 2 N–H and O–H groups in total. The van der Waals surface area contributed by atoms with Gasteiger partial charge in [0.1, 0.15) is 0 Å². The molecule has 4 nitrogen and oxygen atoms in total. The van der Waals surface area contributed by atoms with Crippen LogP contribution in [0.3, 0.4) is 0 Å². The summed E-state index contributed by atoms with van der Waals surface area (Å²) < 4.78 is 6.34. The maximum atomic E-state index is 6.16. The Morgan fingerprint density at radius 1 is 1.33 bits per heavy atom. The van der Waals surface area contributed by atoms with Crippen molar-refractivity contribution in [2.75, 3.05) is 0 Å². The van der Waals surface area contributed by atoms with Crippen molar-refractivity contribution in [1.82, 2.24) is 10.1 Å². The van der Waals surface area contributed by atoms with Crippen LogP contribution in [-0.4, -0.2) is 10.1 Å². The summed E-state index contributed by atoms with van der Waals surface area (Å²) in [7, 11) is 0. The van der Waals surface area contributed by atoms with E-state index in [1.165, 1.54) is 0 Å². The predicted molar refractivity (Wildman–Crippen MR) is 71.0 cm³/mol. The Bertz CT molecular complexity index is 563. The molecule has 0 atom stereocenters. The van der Waals surface area contributed by atoms with Crippen LogP contribution < -0.4 is 5.73 Å². The quantitative estimate of drug-likeness (QED) is 0.947. The van der Waals surface area contributed by atoms with Gasteiger partial charge in [-0.05, 0) is 30.9 Å². The summed E-state index contributed by atoms with van der Waals surface area (Å²) in [4.78, 5) is 4.42. The van der Waals surface area contributed by atoms with Gasteiger partial charge < -0.3 is 10.3 Å². The minimum Gasteiger partial charge on any atom is -0.337 e. The molecule has 1 heterocycles. The minimum atomic E-state index is -0.376. The van der Waals surface area contributed by atoms with Gasteiger partial charge in [0.05, 0.1) is 5.54 Å². The van der Waals surface area contributed by atoms with E-state index >= 15 is 0 Å². The van der Waals surface area contributed by atoms with E-state index in [0.29, 0.717) is 18.1 Å². The summed E-state index contributed by atoms with van der Waals surface area (Å²) in [5.41, 5.74) is 6.92. The van der Waals surface area contributed by atoms with Gasteiger partial charge in [0.2, 0.25) is 5.89 Å². The number of nitrogens with zero attached hydrogens (tertiary/aromatic N) is 2. The van der Waals surface area contributed by atoms with Crippen molar-refractivity contribution in [3.63, 3.8) is 0 Å². The molecule has 0 spiro atoms. The lowest BCUT2D eigenvalue weighted by molar-refractivity contribution is 0.181. The summed E-state index contributed by atoms with van der Waals surface area (Å²) >= 11 is 3.51. The molecule has 2 aromatic rings. The van der Waals surface area contributed by atoms with Crippen molar-refractivity contribution >= 4 is 15.9 Å². The Balaban J connectivity index is 1.80. The Kier molecular flexibility index (Phi) is 2.95. The van der Waals surface area contributed by atoms with Crippen LogP contribution in [0.15, 0.2) is 33.3 Å². The summed E-state index contributed by atoms with van der Waals surface area (Å²) in [6, 6.07) is 8.03. The molecule has 1 saturated carbocycles. The second kappa shape index (κ2) is 4.48. The fraction of sp³-hybridized carbons (Fsp3) is 0.385. The average molecular weight is 308 g/mol. The van der Waals surface area contributed by atoms with Crippen molar-refractivity contribution in [3.8, 4) is 0 Å². The van der Waals surface area contributed by atoms with Crippen molar-refractivity contribution in [3.05, 3.63) is 46.0 Å². The first-order valence-electron chi connectivity index (χ1n) is 6.03. The maximum absolute atomic E-state index is 6.16. The minimum absolute atomic E-state index is 0.376. The van der Waals surface area contributed by atoms with Gasteiger partial charge in [-0.3, -0.25) is 0 Å². The van der Waals surface area contributed by atoms with Crippen LogP contribution in [0.1, 0.15) is 36.5 Å². The number of halogens is 1. The third-order valence-corrected chi connectivity index (χ3v) is 4.22. The van der Waals surface area contributed by atoms with E-state index in [9.17, 15) is 0 Å². The van der Waals surface area contributed by atoms with Crippen molar-refractivity contribution in [2.24, 2.45) is 5.73 Å². The number of hydrogen-bond acceptors (Lipinski definition) is 4. The Labute approximate surface area is 114 Å². The molecule has 1 aliphatic carbocycles. The van der Waals surface area contributed by atoms with E-state index < -0.39 is 0 Å². The summed E-state index contributed by atoms with van der Waals surface area (Å²) in [6.07, 6.45) is 3.66. The third-order valence-electron chi connectivity index (χ3n) is 3.45. The first-order chi connectivity index (χ1) is 8.67. The Morgan fingerprint density at radius 3 is 2.78 bits per heavy atom. The third kappa shape index (κ3) is 2.08. The van der Waals surface area contributed by atoms with Crippen LogP contribution in [0.5, 0.6) is 0 Å². The second-order valence-corrected chi connectivity index (χ2v) is 5.65. The van der Waals surface area contributed by atoms with Gasteiger partial charge in [-0.2, -0.15) is 4.98 Å². The van der Waals surface area contributed by atoms with Crippen LogP contribution in [0.25, 0.3) is 0 Å². The van der Waals surface area contributed by atoms with E-state index in [-0.39, 0.29) is 5.54 Å². The normalized spacial score (nSPS) is 17.4. The van der Waals surface area contributed by atoms with E-state index in [1.807, 2.05) is 24.3 Å². The Morgan fingerprint density at radius 2 is 2.11 bits per heavy atom. The molecule has 0 saturated heterocycles. The molecule has 1 aromatic carbocycles. The highest BCUT2D eigenvalue weighted by Gasteiger charge is 2.39. The topological polar surface area (TPSA) is 64.9 Å². The van der Waals surface area contributed by atoms with Crippen LogP contribution in [0.2, 0.25) is 0 Å².